The number of rotatable bonds is 1. The van der Waals surface area contributed by atoms with Gasteiger partial charge in [0.2, 0.25) is 0 Å². The molecular formula is C10H17N2+. The summed E-state index contributed by atoms with van der Waals surface area (Å²) in [6.07, 6.45) is 6.80. The van der Waals surface area contributed by atoms with Crippen molar-refractivity contribution in [2.45, 2.75) is 32.7 Å². The van der Waals surface area contributed by atoms with Crippen molar-refractivity contribution in [3.05, 3.63) is 12.3 Å². The molecule has 2 heteroatoms. The maximum absolute atomic E-state index is 4.30. The van der Waals surface area contributed by atoms with Crippen LogP contribution in [0.25, 0.3) is 0 Å². The van der Waals surface area contributed by atoms with Gasteiger partial charge in [-0.3, -0.25) is 0 Å². The molecule has 0 radical (unpaired) electrons. The van der Waals surface area contributed by atoms with E-state index in [1.807, 2.05) is 6.20 Å². The number of azo groups is 2. The fraction of sp³-hybridized carbons (Fsp3) is 0.800. The van der Waals surface area contributed by atoms with Gasteiger partial charge in [0.25, 0.3) is 0 Å². The number of hydrogen-bond acceptors (Lipinski definition) is 1. The monoisotopic (exact) mass is 165 g/mol. The summed E-state index contributed by atoms with van der Waals surface area (Å²) in [5, 5.41) is 4.30. The zero-order valence-corrected chi connectivity index (χ0v) is 7.90. The predicted molar refractivity (Wildman–Crippen MR) is 48.0 cm³/mol. The molecule has 1 fully saturated rings. The standard InChI is InChI=1S/C10H17N2/c1-8(2)9-4-6-12-10(7-9)3-5-11-12/h3,5,8-10H,4,6-7H2,1-2H3/q+1. The van der Waals surface area contributed by atoms with Gasteiger partial charge >= 0.3 is 0 Å². The predicted octanol–water partition coefficient (Wildman–Crippen LogP) is 2.41. The highest BCUT2D eigenvalue weighted by atomic mass is 15.3. The van der Waals surface area contributed by atoms with E-state index in [2.05, 4.69) is 29.7 Å². The lowest BCUT2D eigenvalue weighted by Crippen LogP contribution is -2.33. The average molecular weight is 165 g/mol. The van der Waals surface area contributed by atoms with E-state index in [1.165, 1.54) is 12.8 Å². The van der Waals surface area contributed by atoms with Crippen LogP contribution in [0.4, 0.5) is 0 Å². The molecule has 0 N–H and O–H groups in total. The molecule has 12 heavy (non-hydrogen) atoms. The Hall–Kier alpha value is -0.660. The molecule has 2 aliphatic rings. The minimum atomic E-state index is 0.617. The molecule has 2 unspecified atom stereocenters. The fourth-order valence-corrected chi connectivity index (χ4v) is 2.16. The Morgan fingerprint density at radius 2 is 2.33 bits per heavy atom. The average Bonchev–Trinajstić information content (AvgIpc) is 2.49. The van der Waals surface area contributed by atoms with Crippen LogP contribution in [0.5, 0.6) is 0 Å². The Labute approximate surface area is 74.0 Å². The van der Waals surface area contributed by atoms with Gasteiger partial charge in [-0.2, -0.15) is 0 Å². The molecule has 0 aliphatic carbocycles. The van der Waals surface area contributed by atoms with Crippen molar-refractivity contribution < 1.29 is 4.70 Å². The Morgan fingerprint density at radius 3 is 3.08 bits per heavy atom. The maximum atomic E-state index is 4.30. The van der Waals surface area contributed by atoms with E-state index >= 15 is 0 Å². The van der Waals surface area contributed by atoms with E-state index in [9.17, 15) is 0 Å². The van der Waals surface area contributed by atoms with Crippen molar-refractivity contribution in [1.29, 1.82) is 0 Å². The van der Waals surface area contributed by atoms with Crippen LogP contribution in [0.1, 0.15) is 26.7 Å². The first kappa shape index (κ1) is 7.96. The third-order valence-corrected chi connectivity index (χ3v) is 3.12. The lowest BCUT2D eigenvalue weighted by atomic mass is 9.84. The SMILES string of the molecule is CC(C)C1CC[N+]2=NC=CC2C1. The first-order valence-electron chi connectivity index (χ1n) is 4.91. The number of fused-ring (bicyclic) bond motifs is 1. The van der Waals surface area contributed by atoms with Gasteiger partial charge in [-0.1, -0.05) is 13.8 Å². The molecule has 0 spiro atoms. The molecule has 0 aromatic rings. The molecule has 2 aliphatic heterocycles. The summed E-state index contributed by atoms with van der Waals surface area (Å²) in [6.45, 7) is 5.81. The van der Waals surface area contributed by atoms with Gasteiger partial charge in [-0.25, -0.2) is 0 Å². The topological polar surface area (TPSA) is 15.4 Å². The van der Waals surface area contributed by atoms with Gasteiger partial charge < -0.3 is 0 Å². The molecule has 2 atom stereocenters. The molecule has 0 aromatic heterocycles. The largest absolute Gasteiger partial charge is 0.199 e. The zero-order chi connectivity index (χ0) is 8.55. The molecule has 0 bridgehead atoms. The molecule has 1 saturated heterocycles. The Morgan fingerprint density at radius 1 is 1.50 bits per heavy atom. The number of nitrogens with zero attached hydrogens (tertiary/aromatic N) is 2. The molecule has 2 rings (SSSR count). The Kier molecular flexibility index (Phi) is 1.99. The summed E-state index contributed by atoms with van der Waals surface area (Å²) in [5.41, 5.74) is 0. The second-order valence-corrected chi connectivity index (χ2v) is 4.22. The highest BCUT2D eigenvalue weighted by molar-refractivity contribution is 4.92. The second-order valence-electron chi connectivity index (χ2n) is 4.22. The van der Waals surface area contributed by atoms with Gasteiger partial charge in [-0.05, 0) is 17.0 Å². The molecule has 0 saturated carbocycles. The second kappa shape index (κ2) is 3.00. The van der Waals surface area contributed by atoms with Crippen molar-refractivity contribution in [3.8, 4) is 0 Å². The molecule has 0 amide bonds. The van der Waals surface area contributed by atoms with Crippen LogP contribution in [0.3, 0.4) is 0 Å². The summed E-state index contributed by atoms with van der Waals surface area (Å²) in [7, 11) is 0. The van der Waals surface area contributed by atoms with Gasteiger partial charge in [0, 0.05) is 18.9 Å². The minimum absolute atomic E-state index is 0.617. The molecule has 2 heterocycles. The van der Waals surface area contributed by atoms with Gasteiger partial charge in [0.1, 0.15) is 0 Å². The lowest BCUT2D eigenvalue weighted by molar-refractivity contribution is -0.621. The van der Waals surface area contributed by atoms with E-state index in [0.29, 0.717) is 6.04 Å². The van der Waals surface area contributed by atoms with Crippen LogP contribution in [0.2, 0.25) is 0 Å². The Balaban J connectivity index is 2.02. The summed E-state index contributed by atoms with van der Waals surface area (Å²) in [4.78, 5) is 0. The van der Waals surface area contributed by atoms with Crippen molar-refractivity contribution in [3.63, 3.8) is 0 Å². The third kappa shape index (κ3) is 1.30. The highest BCUT2D eigenvalue weighted by Gasteiger charge is 2.34. The van der Waals surface area contributed by atoms with Crippen LogP contribution < -0.4 is 0 Å². The van der Waals surface area contributed by atoms with Crippen LogP contribution in [-0.2, 0) is 0 Å². The van der Waals surface area contributed by atoms with Gasteiger partial charge in [-0.15, -0.1) is 4.70 Å². The van der Waals surface area contributed by atoms with E-state index in [-0.39, 0.29) is 0 Å². The molecular weight excluding hydrogens is 148 g/mol. The van der Waals surface area contributed by atoms with Crippen LogP contribution in [-0.4, -0.2) is 17.3 Å². The van der Waals surface area contributed by atoms with Crippen molar-refractivity contribution in [1.82, 2.24) is 0 Å². The summed E-state index contributed by atoms with van der Waals surface area (Å²) in [6, 6.07) is 0.617. The molecule has 66 valence electrons. The summed E-state index contributed by atoms with van der Waals surface area (Å²) < 4.78 is 2.22. The van der Waals surface area contributed by atoms with E-state index < -0.39 is 0 Å². The van der Waals surface area contributed by atoms with Crippen molar-refractivity contribution in [2.24, 2.45) is 17.0 Å². The normalized spacial score (nSPS) is 33.8. The van der Waals surface area contributed by atoms with Crippen LogP contribution in [0, 0.1) is 11.8 Å². The third-order valence-electron chi connectivity index (χ3n) is 3.12. The van der Waals surface area contributed by atoms with E-state index in [4.69, 9.17) is 0 Å². The zero-order valence-electron chi connectivity index (χ0n) is 7.90. The smallest absolute Gasteiger partial charge is 0.116 e. The summed E-state index contributed by atoms with van der Waals surface area (Å²) in [5.74, 6) is 1.74. The van der Waals surface area contributed by atoms with Crippen LogP contribution >= 0.6 is 0 Å². The molecule has 0 aromatic carbocycles. The van der Waals surface area contributed by atoms with E-state index in [1.54, 1.807) is 0 Å². The minimum Gasteiger partial charge on any atom is -0.116 e. The maximum Gasteiger partial charge on any atom is 0.199 e. The van der Waals surface area contributed by atoms with Crippen molar-refractivity contribution in [2.75, 3.05) is 6.54 Å². The lowest BCUT2D eigenvalue weighted by Gasteiger charge is -2.25. The number of piperidine rings is 1. The molecule has 2 nitrogen and oxygen atoms in total. The first-order valence-corrected chi connectivity index (χ1v) is 4.91. The van der Waals surface area contributed by atoms with Crippen LogP contribution in [0.15, 0.2) is 17.4 Å². The fourth-order valence-electron chi connectivity index (χ4n) is 2.16. The summed E-state index contributed by atoms with van der Waals surface area (Å²) >= 11 is 0. The quantitative estimate of drug-likeness (QED) is 0.530. The van der Waals surface area contributed by atoms with Gasteiger partial charge in [0.05, 0.1) is 6.20 Å². The highest BCUT2D eigenvalue weighted by Crippen LogP contribution is 2.28. The Bertz CT molecular complexity index is 228. The number of hydrogen-bond donors (Lipinski definition) is 0. The first-order chi connectivity index (χ1) is 5.77. The van der Waals surface area contributed by atoms with E-state index in [0.717, 1.165) is 18.4 Å². The van der Waals surface area contributed by atoms with Crippen molar-refractivity contribution >= 4 is 0 Å². The van der Waals surface area contributed by atoms with Gasteiger partial charge in [0.15, 0.2) is 12.6 Å².